The van der Waals surface area contributed by atoms with E-state index >= 15 is 0 Å². The molecule has 1 heterocycles. The summed E-state index contributed by atoms with van der Waals surface area (Å²) >= 11 is 6.00. The molecule has 4 heteroatoms. The van der Waals surface area contributed by atoms with Crippen LogP contribution in [-0.2, 0) is 9.53 Å². The van der Waals surface area contributed by atoms with E-state index in [-0.39, 0.29) is 17.5 Å². The maximum Gasteiger partial charge on any atom is 0.204 e. The number of ether oxygens (including phenoxy) is 1. The first kappa shape index (κ1) is 16.1. The van der Waals surface area contributed by atoms with Crippen molar-refractivity contribution >= 4 is 23.2 Å². The lowest BCUT2D eigenvalue weighted by molar-refractivity contribution is -0.116. The van der Waals surface area contributed by atoms with Gasteiger partial charge in [-0.25, -0.2) is 0 Å². The highest BCUT2D eigenvalue weighted by Crippen LogP contribution is 2.45. The summed E-state index contributed by atoms with van der Waals surface area (Å²) < 4.78 is 6.03. The van der Waals surface area contributed by atoms with E-state index in [1.165, 1.54) is 0 Å². The summed E-state index contributed by atoms with van der Waals surface area (Å²) in [4.78, 5) is 25.6. The second-order valence-electron chi connectivity index (χ2n) is 6.41. The van der Waals surface area contributed by atoms with Crippen LogP contribution in [0.2, 0.25) is 5.02 Å². The van der Waals surface area contributed by atoms with Gasteiger partial charge in [-0.15, -0.1) is 0 Å². The summed E-state index contributed by atoms with van der Waals surface area (Å²) in [6.45, 7) is 0. The predicted octanol–water partition coefficient (Wildman–Crippen LogP) is 4.71. The molecule has 2 atom stereocenters. The molecule has 2 aromatic rings. The van der Waals surface area contributed by atoms with Crippen molar-refractivity contribution in [1.82, 2.24) is 0 Å². The number of benzene rings is 2. The summed E-state index contributed by atoms with van der Waals surface area (Å²) in [6, 6.07) is 16.4. The molecular weight excluding hydrogens is 336 g/mol. The number of hydrogen-bond donors (Lipinski definition) is 0. The molecule has 2 aromatic carbocycles. The smallest absolute Gasteiger partial charge is 0.204 e. The number of hydrogen-bond acceptors (Lipinski definition) is 3. The van der Waals surface area contributed by atoms with Crippen molar-refractivity contribution in [1.29, 1.82) is 0 Å². The molecule has 126 valence electrons. The van der Waals surface area contributed by atoms with Gasteiger partial charge in [0.1, 0.15) is 5.76 Å². The lowest BCUT2D eigenvalue weighted by Gasteiger charge is -2.20. The van der Waals surface area contributed by atoms with Crippen LogP contribution in [-0.4, -0.2) is 17.7 Å². The van der Waals surface area contributed by atoms with Crippen LogP contribution in [0, 0.1) is 0 Å². The standard InChI is InChI=1S/C21H17ClO3/c22-15-11-9-13(10-12-15)18-19-16(23)7-4-8-17(19)25-21(18)20(24)14-5-2-1-3-6-14/h1-3,5-6,9-12,18,21H,4,7-8H2. The number of carbonyl (C=O) groups excluding carboxylic acids is 2. The molecule has 1 aliphatic carbocycles. The van der Waals surface area contributed by atoms with Gasteiger partial charge in [-0.05, 0) is 24.1 Å². The van der Waals surface area contributed by atoms with Gasteiger partial charge in [0.25, 0.3) is 0 Å². The Morgan fingerprint density at radius 3 is 2.44 bits per heavy atom. The van der Waals surface area contributed by atoms with Crippen LogP contribution < -0.4 is 0 Å². The molecule has 0 radical (unpaired) electrons. The van der Waals surface area contributed by atoms with Gasteiger partial charge in [-0.2, -0.15) is 0 Å². The highest BCUT2D eigenvalue weighted by atomic mass is 35.5. The first-order chi connectivity index (χ1) is 12.1. The maximum atomic E-state index is 13.1. The zero-order valence-corrected chi connectivity index (χ0v) is 14.3. The molecule has 4 rings (SSSR count). The summed E-state index contributed by atoms with van der Waals surface area (Å²) in [6.07, 6.45) is 1.30. The molecule has 1 aliphatic heterocycles. The Balaban J connectivity index is 1.77. The summed E-state index contributed by atoms with van der Waals surface area (Å²) in [7, 11) is 0. The fourth-order valence-electron chi connectivity index (χ4n) is 3.66. The van der Waals surface area contributed by atoms with E-state index in [0.717, 1.165) is 12.0 Å². The largest absolute Gasteiger partial charge is 0.485 e. The van der Waals surface area contributed by atoms with E-state index in [4.69, 9.17) is 16.3 Å². The molecule has 0 saturated heterocycles. The molecular formula is C21H17ClO3. The van der Waals surface area contributed by atoms with Gasteiger partial charge in [0.05, 0.1) is 5.92 Å². The van der Waals surface area contributed by atoms with Crippen LogP contribution in [0.1, 0.15) is 41.1 Å². The Bertz CT molecular complexity index is 852. The first-order valence-corrected chi connectivity index (χ1v) is 8.80. The Labute approximate surface area is 151 Å². The van der Waals surface area contributed by atoms with Crippen molar-refractivity contribution < 1.29 is 14.3 Å². The van der Waals surface area contributed by atoms with E-state index in [0.29, 0.717) is 34.8 Å². The van der Waals surface area contributed by atoms with Crippen LogP contribution in [0.15, 0.2) is 65.9 Å². The molecule has 0 amide bonds. The molecule has 0 spiro atoms. The lowest BCUT2D eigenvalue weighted by atomic mass is 9.80. The minimum Gasteiger partial charge on any atom is -0.485 e. The SMILES string of the molecule is O=C1CCCC2=C1C(c1ccc(Cl)cc1)C(C(=O)c1ccccc1)O2. The van der Waals surface area contributed by atoms with Gasteiger partial charge in [-0.1, -0.05) is 54.1 Å². The minimum atomic E-state index is -0.698. The minimum absolute atomic E-state index is 0.0876. The topological polar surface area (TPSA) is 43.4 Å². The van der Waals surface area contributed by atoms with Gasteiger partial charge < -0.3 is 4.74 Å². The van der Waals surface area contributed by atoms with Crippen LogP contribution in [0.25, 0.3) is 0 Å². The summed E-state index contributed by atoms with van der Waals surface area (Å²) in [5, 5.41) is 0.623. The maximum absolute atomic E-state index is 13.1. The Kier molecular flexibility index (Phi) is 4.18. The first-order valence-electron chi connectivity index (χ1n) is 8.43. The molecule has 0 aromatic heterocycles. The third kappa shape index (κ3) is 2.89. The molecule has 3 nitrogen and oxygen atoms in total. The monoisotopic (exact) mass is 352 g/mol. The average molecular weight is 353 g/mol. The molecule has 0 fully saturated rings. The normalized spacial score (nSPS) is 22.5. The third-order valence-corrected chi connectivity index (χ3v) is 5.09. The summed E-state index contributed by atoms with van der Waals surface area (Å²) in [5.41, 5.74) is 2.15. The number of rotatable bonds is 3. The molecule has 25 heavy (non-hydrogen) atoms. The fourth-order valence-corrected chi connectivity index (χ4v) is 3.79. The molecule has 2 unspecified atom stereocenters. The van der Waals surface area contributed by atoms with Crippen molar-refractivity contribution in [2.45, 2.75) is 31.3 Å². The van der Waals surface area contributed by atoms with Crippen molar-refractivity contribution in [3.63, 3.8) is 0 Å². The predicted molar refractivity (Wildman–Crippen MR) is 95.7 cm³/mol. The summed E-state index contributed by atoms with van der Waals surface area (Å²) in [5.74, 6) is 0.311. The quantitative estimate of drug-likeness (QED) is 0.751. The second kappa shape index (κ2) is 6.49. The van der Waals surface area contributed by atoms with E-state index in [1.54, 1.807) is 24.3 Å². The molecule has 0 N–H and O–H groups in total. The number of ketones is 2. The van der Waals surface area contributed by atoms with Crippen LogP contribution in [0.5, 0.6) is 0 Å². The van der Waals surface area contributed by atoms with Crippen molar-refractivity contribution in [3.8, 4) is 0 Å². The number of carbonyl (C=O) groups is 2. The van der Waals surface area contributed by atoms with E-state index in [1.807, 2.05) is 30.3 Å². The van der Waals surface area contributed by atoms with Gasteiger partial charge in [0.15, 0.2) is 11.9 Å². The number of Topliss-reactive ketones (excluding diaryl/α,β-unsaturated/α-hetero) is 2. The van der Waals surface area contributed by atoms with Gasteiger partial charge in [-0.3, -0.25) is 9.59 Å². The van der Waals surface area contributed by atoms with Gasteiger partial charge >= 0.3 is 0 Å². The molecule has 0 bridgehead atoms. The number of halogens is 1. The Morgan fingerprint density at radius 1 is 1.00 bits per heavy atom. The van der Waals surface area contributed by atoms with Gasteiger partial charge in [0, 0.05) is 29.0 Å². The average Bonchev–Trinajstić information content (AvgIpc) is 3.03. The fraction of sp³-hybridized carbons (Fsp3) is 0.238. The highest BCUT2D eigenvalue weighted by molar-refractivity contribution is 6.30. The Morgan fingerprint density at radius 2 is 1.72 bits per heavy atom. The Hall–Kier alpha value is -2.39. The van der Waals surface area contributed by atoms with E-state index < -0.39 is 6.10 Å². The zero-order chi connectivity index (χ0) is 17.4. The second-order valence-corrected chi connectivity index (χ2v) is 6.85. The molecule has 2 aliphatic rings. The highest BCUT2D eigenvalue weighted by Gasteiger charge is 2.45. The third-order valence-electron chi connectivity index (χ3n) is 4.84. The van der Waals surface area contributed by atoms with Gasteiger partial charge in [0.2, 0.25) is 5.78 Å². The van der Waals surface area contributed by atoms with Crippen LogP contribution in [0.4, 0.5) is 0 Å². The zero-order valence-electron chi connectivity index (χ0n) is 13.6. The lowest BCUT2D eigenvalue weighted by Crippen LogP contribution is -2.28. The van der Waals surface area contributed by atoms with Crippen LogP contribution in [0.3, 0.4) is 0 Å². The van der Waals surface area contributed by atoms with Crippen LogP contribution >= 0.6 is 11.6 Å². The number of allylic oxidation sites excluding steroid dienone is 1. The van der Waals surface area contributed by atoms with Crippen molar-refractivity contribution in [3.05, 3.63) is 82.1 Å². The van der Waals surface area contributed by atoms with E-state index in [9.17, 15) is 9.59 Å². The molecule has 0 saturated carbocycles. The van der Waals surface area contributed by atoms with Crippen molar-refractivity contribution in [2.24, 2.45) is 0 Å². The van der Waals surface area contributed by atoms with E-state index in [2.05, 4.69) is 0 Å². The van der Waals surface area contributed by atoms with Crippen molar-refractivity contribution in [2.75, 3.05) is 0 Å².